The second-order valence-electron chi connectivity index (χ2n) is 8.39. The van der Waals surface area contributed by atoms with Crippen LogP contribution in [0.4, 0.5) is 16.2 Å². The zero-order valence-electron chi connectivity index (χ0n) is 17.0. The summed E-state index contributed by atoms with van der Waals surface area (Å²) < 4.78 is 0. The van der Waals surface area contributed by atoms with Gasteiger partial charge in [-0.05, 0) is 62.8 Å². The third-order valence-electron chi connectivity index (χ3n) is 5.34. The van der Waals surface area contributed by atoms with Gasteiger partial charge in [-0.15, -0.1) is 0 Å². The number of imide groups is 1. The molecule has 0 aromatic heterocycles. The van der Waals surface area contributed by atoms with Gasteiger partial charge in [0.1, 0.15) is 12.1 Å². The summed E-state index contributed by atoms with van der Waals surface area (Å²) in [5, 5.41) is 5.50. The minimum Gasteiger partial charge on any atom is -0.372 e. The lowest BCUT2D eigenvalue weighted by molar-refractivity contribution is -0.133. The first kappa shape index (κ1) is 20.2. The van der Waals surface area contributed by atoms with Crippen molar-refractivity contribution in [2.75, 3.05) is 29.9 Å². The summed E-state index contributed by atoms with van der Waals surface area (Å²) in [6.07, 6.45) is 4.23. The van der Waals surface area contributed by atoms with Crippen LogP contribution >= 0.6 is 0 Å². The summed E-state index contributed by atoms with van der Waals surface area (Å²) in [7, 11) is 0. The van der Waals surface area contributed by atoms with E-state index in [4.69, 9.17) is 0 Å². The highest BCUT2D eigenvalue weighted by atomic mass is 16.2. The second kappa shape index (κ2) is 8.20. The molecule has 2 aliphatic rings. The van der Waals surface area contributed by atoms with Crippen molar-refractivity contribution in [3.8, 4) is 0 Å². The number of carbonyl (C=O) groups is 3. The molecule has 2 N–H and O–H groups in total. The van der Waals surface area contributed by atoms with Gasteiger partial charge in [-0.25, -0.2) is 4.79 Å². The molecule has 1 aromatic carbocycles. The number of urea groups is 1. The van der Waals surface area contributed by atoms with E-state index in [0.717, 1.165) is 23.7 Å². The molecule has 7 heteroatoms. The molecular formula is C21H30N4O3. The van der Waals surface area contributed by atoms with Gasteiger partial charge in [0.25, 0.3) is 5.91 Å². The molecule has 2 fully saturated rings. The average Bonchev–Trinajstić information content (AvgIpc) is 2.85. The summed E-state index contributed by atoms with van der Waals surface area (Å²) in [6.45, 7) is 7.54. The molecule has 0 radical (unpaired) electrons. The van der Waals surface area contributed by atoms with Crippen LogP contribution in [0.1, 0.15) is 46.5 Å². The highest BCUT2D eigenvalue weighted by Gasteiger charge is 2.48. The number of nitrogens with zero attached hydrogens (tertiary/aromatic N) is 2. The molecule has 2 saturated heterocycles. The Morgan fingerprint density at radius 2 is 1.79 bits per heavy atom. The molecule has 2 heterocycles. The zero-order chi connectivity index (χ0) is 20.3. The molecule has 152 valence electrons. The number of hydrogen-bond acceptors (Lipinski definition) is 4. The maximum Gasteiger partial charge on any atom is 0.325 e. The van der Waals surface area contributed by atoms with Crippen LogP contribution in [-0.2, 0) is 9.59 Å². The molecule has 4 amide bonds. The number of piperidine rings is 1. The van der Waals surface area contributed by atoms with Crippen molar-refractivity contribution in [2.45, 2.75) is 52.0 Å². The fourth-order valence-electron chi connectivity index (χ4n) is 4.10. The highest BCUT2D eigenvalue weighted by Crippen LogP contribution is 2.25. The van der Waals surface area contributed by atoms with E-state index < -0.39 is 11.6 Å². The number of carbonyl (C=O) groups excluding carboxylic acids is 3. The van der Waals surface area contributed by atoms with Gasteiger partial charge in [0.15, 0.2) is 0 Å². The third-order valence-corrected chi connectivity index (χ3v) is 5.34. The lowest BCUT2D eigenvalue weighted by Crippen LogP contribution is -2.45. The number of anilines is 2. The van der Waals surface area contributed by atoms with Crippen LogP contribution in [0, 0.1) is 5.92 Å². The molecular weight excluding hydrogens is 356 g/mol. The Balaban J connectivity index is 1.58. The Morgan fingerprint density at radius 1 is 1.14 bits per heavy atom. The monoisotopic (exact) mass is 386 g/mol. The van der Waals surface area contributed by atoms with Crippen molar-refractivity contribution in [3.63, 3.8) is 0 Å². The van der Waals surface area contributed by atoms with Crippen LogP contribution in [0.25, 0.3) is 0 Å². The summed E-state index contributed by atoms with van der Waals surface area (Å²) in [5.74, 6) is -0.480. The molecule has 1 unspecified atom stereocenters. The molecule has 1 aromatic rings. The highest BCUT2D eigenvalue weighted by molar-refractivity contribution is 6.09. The predicted octanol–water partition coefficient (Wildman–Crippen LogP) is 2.97. The number of hydrogen-bond donors (Lipinski definition) is 2. The van der Waals surface area contributed by atoms with Crippen LogP contribution in [0.3, 0.4) is 0 Å². The van der Waals surface area contributed by atoms with Crippen molar-refractivity contribution < 1.29 is 14.4 Å². The Hall–Kier alpha value is -2.57. The van der Waals surface area contributed by atoms with E-state index >= 15 is 0 Å². The minimum atomic E-state index is -0.943. The fourth-order valence-corrected chi connectivity index (χ4v) is 4.10. The first-order valence-electron chi connectivity index (χ1n) is 10.1. The molecule has 0 saturated carbocycles. The molecule has 0 spiro atoms. The molecule has 0 bridgehead atoms. The average molecular weight is 386 g/mol. The van der Waals surface area contributed by atoms with Gasteiger partial charge in [0, 0.05) is 24.5 Å². The van der Waals surface area contributed by atoms with Gasteiger partial charge < -0.3 is 15.5 Å². The Kier molecular flexibility index (Phi) is 5.91. The van der Waals surface area contributed by atoms with Crippen molar-refractivity contribution in [1.82, 2.24) is 10.2 Å². The minimum absolute atomic E-state index is 0.251. The maximum atomic E-state index is 12.6. The lowest BCUT2D eigenvalue weighted by Gasteiger charge is -2.28. The van der Waals surface area contributed by atoms with Gasteiger partial charge in [0.05, 0.1) is 0 Å². The number of benzene rings is 1. The van der Waals surface area contributed by atoms with Crippen molar-refractivity contribution >= 4 is 29.2 Å². The van der Waals surface area contributed by atoms with Crippen molar-refractivity contribution in [3.05, 3.63) is 24.3 Å². The predicted molar refractivity (Wildman–Crippen MR) is 109 cm³/mol. The van der Waals surface area contributed by atoms with E-state index in [1.165, 1.54) is 19.3 Å². The Bertz CT molecular complexity index is 741. The van der Waals surface area contributed by atoms with Crippen LogP contribution in [0.15, 0.2) is 24.3 Å². The van der Waals surface area contributed by atoms with Crippen LogP contribution in [-0.4, -0.2) is 47.9 Å². The van der Waals surface area contributed by atoms with E-state index in [2.05, 4.69) is 15.5 Å². The van der Waals surface area contributed by atoms with Gasteiger partial charge in [0.2, 0.25) is 5.91 Å². The molecule has 28 heavy (non-hydrogen) atoms. The van der Waals surface area contributed by atoms with E-state index in [1.54, 1.807) is 6.92 Å². The maximum absolute atomic E-state index is 12.6. The topological polar surface area (TPSA) is 81.8 Å². The first-order valence-corrected chi connectivity index (χ1v) is 10.1. The Morgan fingerprint density at radius 3 is 2.39 bits per heavy atom. The molecule has 3 rings (SSSR count). The largest absolute Gasteiger partial charge is 0.372 e. The first-order chi connectivity index (χ1) is 13.3. The summed E-state index contributed by atoms with van der Waals surface area (Å²) in [4.78, 5) is 40.6. The van der Waals surface area contributed by atoms with Gasteiger partial charge in [-0.2, -0.15) is 0 Å². The number of amides is 4. The summed E-state index contributed by atoms with van der Waals surface area (Å²) >= 11 is 0. The third kappa shape index (κ3) is 4.46. The summed E-state index contributed by atoms with van der Waals surface area (Å²) in [5.41, 5.74) is 0.862. The van der Waals surface area contributed by atoms with Gasteiger partial charge >= 0.3 is 6.03 Å². The lowest BCUT2D eigenvalue weighted by atomic mass is 9.91. The van der Waals surface area contributed by atoms with Crippen molar-refractivity contribution in [1.29, 1.82) is 0 Å². The molecule has 2 aliphatic heterocycles. The SMILES string of the molecule is CC(C)CC1(C)NC(=O)N(CC(=O)Nc2ccc(N3CCCCC3)cc2)C1=O. The number of nitrogens with one attached hydrogen (secondary N) is 2. The standard InChI is InChI=1S/C21H30N4O3/c1-15(2)13-21(3)19(27)25(20(28)23-21)14-18(26)22-16-7-9-17(10-8-16)24-11-5-4-6-12-24/h7-10,15H,4-6,11-14H2,1-3H3,(H,22,26)(H,23,28). The van der Waals surface area contributed by atoms with E-state index in [1.807, 2.05) is 38.1 Å². The Labute approximate surface area is 166 Å². The molecule has 0 aliphatic carbocycles. The molecule has 1 atom stereocenters. The normalized spacial score (nSPS) is 22.6. The van der Waals surface area contributed by atoms with Crippen LogP contribution in [0.2, 0.25) is 0 Å². The summed E-state index contributed by atoms with van der Waals surface area (Å²) in [6, 6.07) is 7.19. The zero-order valence-corrected chi connectivity index (χ0v) is 17.0. The van der Waals surface area contributed by atoms with E-state index in [0.29, 0.717) is 12.1 Å². The van der Waals surface area contributed by atoms with E-state index in [9.17, 15) is 14.4 Å². The number of rotatable bonds is 6. The van der Waals surface area contributed by atoms with Crippen LogP contribution < -0.4 is 15.5 Å². The van der Waals surface area contributed by atoms with E-state index in [-0.39, 0.29) is 24.3 Å². The second-order valence-corrected chi connectivity index (χ2v) is 8.39. The smallest absolute Gasteiger partial charge is 0.325 e. The van der Waals surface area contributed by atoms with Crippen LogP contribution in [0.5, 0.6) is 0 Å². The quantitative estimate of drug-likeness (QED) is 0.737. The van der Waals surface area contributed by atoms with Crippen molar-refractivity contribution in [2.24, 2.45) is 5.92 Å². The molecule has 7 nitrogen and oxygen atoms in total. The fraction of sp³-hybridized carbons (Fsp3) is 0.571. The van der Waals surface area contributed by atoms with Gasteiger partial charge in [-0.1, -0.05) is 13.8 Å². The van der Waals surface area contributed by atoms with Gasteiger partial charge in [-0.3, -0.25) is 14.5 Å².